The van der Waals surface area contributed by atoms with Crippen molar-refractivity contribution >= 4 is 0 Å². The first kappa shape index (κ1) is 15.1. The van der Waals surface area contributed by atoms with Crippen LogP contribution in [0.1, 0.15) is 72.1 Å². The molecule has 0 saturated heterocycles. The van der Waals surface area contributed by atoms with Gasteiger partial charge in [0.25, 0.3) is 0 Å². The van der Waals surface area contributed by atoms with Gasteiger partial charge in [-0.15, -0.1) is 0 Å². The second-order valence-electron chi connectivity index (χ2n) is 7.16. The normalized spacial score (nSPS) is 27.7. The molecule has 19 heavy (non-hydrogen) atoms. The van der Waals surface area contributed by atoms with E-state index in [4.69, 9.17) is 10.5 Å². The Morgan fingerprint density at radius 2 is 1.89 bits per heavy atom. The van der Waals surface area contributed by atoms with Crippen molar-refractivity contribution in [3.8, 4) is 0 Å². The fraction of sp³-hybridized carbons (Fsp3) is 0.882. The summed E-state index contributed by atoms with van der Waals surface area (Å²) in [5, 5.41) is 0. The van der Waals surface area contributed by atoms with E-state index in [0.29, 0.717) is 5.41 Å². The van der Waals surface area contributed by atoms with Gasteiger partial charge in [-0.2, -0.15) is 0 Å². The third kappa shape index (κ3) is 3.41. The zero-order valence-corrected chi connectivity index (χ0v) is 13.0. The second kappa shape index (κ2) is 5.97. The summed E-state index contributed by atoms with van der Waals surface area (Å²) < 4.78 is 6.21. The summed E-state index contributed by atoms with van der Waals surface area (Å²) in [5.74, 6) is 0. The van der Waals surface area contributed by atoms with Crippen molar-refractivity contribution in [3.63, 3.8) is 0 Å². The maximum absolute atomic E-state index is 6.64. The molecule has 1 fully saturated rings. The highest BCUT2D eigenvalue weighted by atomic mass is 16.5. The summed E-state index contributed by atoms with van der Waals surface area (Å²) in [7, 11) is 0. The third-order valence-electron chi connectivity index (χ3n) is 5.17. The summed E-state index contributed by atoms with van der Waals surface area (Å²) in [6.45, 7) is 7.62. The molecule has 0 aromatic heterocycles. The van der Waals surface area contributed by atoms with Crippen molar-refractivity contribution in [1.29, 1.82) is 0 Å². The first-order valence-corrected chi connectivity index (χ1v) is 8.08. The molecule has 2 aliphatic rings. The highest BCUT2D eigenvalue weighted by Gasteiger charge is 2.44. The van der Waals surface area contributed by atoms with Gasteiger partial charge in [0.2, 0.25) is 0 Å². The zero-order valence-electron chi connectivity index (χ0n) is 13.0. The minimum atomic E-state index is -0.0898. The van der Waals surface area contributed by atoms with Gasteiger partial charge in [-0.25, -0.2) is 0 Å². The summed E-state index contributed by atoms with van der Waals surface area (Å²) in [5.41, 5.74) is 8.47. The highest BCUT2D eigenvalue weighted by molar-refractivity contribution is 5.19. The Labute approximate surface area is 118 Å². The van der Waals surface area contributed by atoms with E-state index in [1.54, 1.807) is 0 Å². The van der Waals surface area contributed by atoms with Gasteiger partial charge in [0.1, 0.15) is 0 Å². The molecule has 0 radical (unpaired) electrons. The molecule has 0 aromatic rings. The SMILES string of the molecule is CCOC1(C(N)C2=CCCCC2)CCC(C)(C)CC1. The molecule has 0 aliphatic heterocycles. The van der Waals surface area contributed by atoms with Crippen LogP contribution in [0.2, 0.25) is 0 Å². The van der Waals surface area contributed by atoms with Crippen molar-refractivity contribution in [3.05, 3.63) is 11.6 Å². The van der Waals surface area contributed by atoms with Crippen molar-refractivity contribution in [2.45, 2.75) is 83.8 Å². The minimum Gasteiger partial charge on any atom is -0.373 e. The van der Waals surface area contributed by atoms with E-state index in [1.807, 2.05) is 0 Å². The zero-order chi connectivity index (χ0) is 13.9. The van der Waals surface area contributed by atoms with Gasteiger partial charge in [0.15, 0.2) is 0 Å². The van der Waals surface area contributed by atoms with Crippen molar-refractivity contribution in [2.24, 2.45) is 11.1 Å². The maximum atomic E-state index is 6.64. The molecule has 0 heterocycles. The van der Waals surface area contributed by atoms with Crippen LogP contribution in [0.4, 0.5) is 0 Å². The Kier molecular flexibility index (Phi) is 4.73. The van der Waals surface area contributed by atoms with Gasteiger partial charge in [0, 0.05) is 6.61 Å². The molecular weight excluding hydrogens is 234 g/mol. The van der Waals surface area contributed by atoms with Crippen LogP contribution < -0.4 is 5.73 Å². The van der Waals surface area contributed by atoms with E-state index in [1.165, 1.54) is 44.1 Å². The topological polar surface area (TPSA) is 35.2 Å². The summed E-state index contributed by atoms with van der Waals surface area (Å²) in [6, 6.07) is 0.115. The summed E-state index contributed by atoms with van der Waals surface area (Å²) >= 11 is 0. The predicted molar refractivity (Wildman–Crippen MR) is 81.1 cm³/mol. The maximum Gasteiger partial charge on any atom is 0.0871 e. The molecular formula is C17H31NO. The van der Waals surface area contributed by atoms with Crippen molar-refractivity contribution in [2.75, 3.05) is 6.61 Å². The third-order valence-corrected chi connectivity index (χ3v) is 5.17. The van der Waals surface area contributed by atoms with E-state index in [-0.39, 0.29) is 11.6 Å². The van der Waals surface area contributed by atoms with E-state index in [9.17, 15) is 0 Å². The highest BCUT2D eigenvalue weighted by Crippen LogP contribution is 2.45. The average molecular weight is 265 g/mol. The number of rotatable bonds is 4. The lowest BCUT2D eigenvalue weighted by Gasteiger charge is -2.47. The molecule has 0 spiro atoms. The van der Waals surface area contributed by atoms with Crippen LogP contribution in [-0.4, -0.2) is 18.2 Å². The molecule has 2 aliphatic carbocycles. The first-order chi connectivity index (χ1) is 8.99. The van der Waals surface area contributed by atoms with Crippen molar-refractivity contribution in [1.82, 2.24) is 0 Å². The van der Waals surface area contributed by atoms with Gasteiger partial charge in [-0.05, 0) is 63.7 Å². The molecule has 1 atom stereocenters. The lowest BCUT2D eigenvalue weighted by atomic mass is 9.67. The predicted octanol–water partition coefficient (Wildman–Crippen LogP) is 4.19. The van der Waals surface area contributed by atoms with Gasteiger partial charge in [0.05, 0.1) is 11.6 Å². The molecule has 110 valence electrons. The van der Waals surface area contributed by atoms with Gasteiger partial charge in [-0.1, -0.05) is 25.5 Å². The fourth-order valence-corrected chi connectivity index (χ4v) is 3.67. The quantitative estimate of drug-likeness (QED) is 0.774. The molecule has 2 N–H and O–H groups in total. The summed E-state index contributed by atoms with van der Waals surface area (Å²) in [4.78, 5) is 0. The van der Waals surface area contributed by atoms with Crippen LogP contribution in [0, 0.1) is 5.41 Å². The van der Waals surface area contributed by atoms with Crippen LogP contribution in [0.5, 0.6) is 0 Å². The van der Waals surface area contributed by atoms with E-state index >= 15 is 0 Å². The van der Waals surface area contributed by atoms with Gasteiger partial charge < -0.3 is 10.5 Å². The number of ether oxygens (including phenoxy) is 1. The van der Waals surface area contributed by atoms with E-state index in [0.717, 1.165) is 19.4 Å². The molecule has 1 unspecified atom stereocenters. The van der Waals surface area contributed by atoms with E-state index in [2.05, 4.69) is 26.8 Å². The number of allylic oxidation sites excluding steroid dienone is 1. The monoisotopic (exact) mass is 265 g/mol. The van der Waals surface area contributed by atoms with Crippen LogP contribution >= 0.6 is 0 Å². The molecule has 0 aromatic carbocycles. The Morgan fingerprint density at radius 3 is 2.42 bits per heavy atom. The molecule has 0 bridgehead atoms. The standard InChI is InChI=1S/C17H31NO/c1-4-19-17(12-10-16(2,3)11-13-17)15(18)14-8-6-5-7-9-14/h8,15H,4-7,9-13,18H2,1-3H3. The smallest absolute Gasteiger partial charge is 0.0871 e. The van der Waals surface area contributed by atoms with Crippen LogP contribution in [0.15, 0.2) is 11.6 Å². The van der Waals surface area contributed by atoms with Crippen LogP contribution in [0.25, 0.3) is 0 Å². The lowest BCUT2D eigenvalue weighted by molar-refractivity contribution is -0.0928. The molecule has 0 amide bonds. The lowest BCUT2D eigenvalue weighted by Crippen LogP contribution is -2.54. The Morgan fingerprint density at radius 1 is 1.21 bits per heavy atom. The van der Waals surface area contributed by atoms with E-state index < -0.39 is 0 Å². The minimum absolute atomic E-state index is 0.0898. The van der Waals surface area contributed by atoms with Crippen LogP contribution in [0.3, 0.4) is 0 Å². The Hall–Kier alpha value is -0.340. The number of hydrogen-bond donors (Lipinski definition) is 1. The number of nitrogens with two attached hydrogens (primary N) is 1. The largest absolute Gasteiger partial charge is 0.373 e. The first-order valence-electron chi connectivity index (χ1n) is 8.08. The van der Waals surface area contributed by atoms with Gasteiger partial charge in [-0.3, -0.25) is 0 Å². The number of hydrogen-bond acceptors (Lipinski definition) is 2. The molecule has 2 heteroatoms. The fourth-order valence-electron chi connectivity index (χ4n) is 3.67. The van der Waals surface area contributed by atoms with Gasteiger partial charge >= 0.3 is 0 Å². The molecule has 2 nitrogen and oxygen atoms in total. The van der Waals surface area contributed by atoms with Crippen LogP contribution in [-0.2, 0) is 4.74 Å². The molecule has 1 saturated carbocycles. The average Bonchev–Trinajstić information content (AvgIpc) is 2.42. The summed E-state index contributed by atoms with van der Waals surface area (Å²) in [6.07, 6.45) is 12.1. The second-order valence-corrected chi connectivity index (χ2v) is 7.16. The Balaban J connectivity index is 2.12. The molecule has 2 rings (SSSR count). The Bertz CT molecular complexity index is 322. The van der Waals surface area contributed by atoms with Crippen molar-refractivity contribution < 1.29 is 4.74 Å².